The zero-order valence-corrected chi connectivity index (χ0v) is 9.65. The van der Waals surface area contributed by atoms with Crippen molar-refractivity contribution in [2.24, 2.45) is 0 Å². The van der Waals surface area contributed by atoms with E-state index in [9.17, 15) is 4.79 Å². The number of hydrogen-bond acceptors (Lipinski definition) is 4. The number of methoxy groups -OCH3 is 1. The molecule has 0 saturated heterocycles. The fourth-order valence-corrected chi connectivity index (χ4v) is 1.60. The molecule has 0 fully saturated rings. The van der Waals surface area contributed by atoms with E-state index < -0.39 is 0 Å². The van der Waals surface area contributed by atoms with Crippen molar-refractivity contribution in [1.82, 2.24) is 9.97 Å². The quantitative estimate of drug-likeness (QED) is 0.764. The third-order valence-electron chi connectivity index (χ3n) is 2.41. The molecule has 5 nitrogen and oxygen atoms in total. The van der Waals surface area contributed by atoms with Crippen molar-refractivity contribution in [2.45, 2.75) is 6.92 Å². The number of nitrogens with one attached hydrogen (secondary N) is 1. The van der Waals surface area contributed by atoms with Gasteiger partial charge in [-0.05, 0) is 25.1 Å². The van der Waals surface area contributed by atoms with Crippen LogP contribution in [0.2, 0.25) is 0 Å². The van der Waals surface area contributed by atoms with Gasteiger partial charge >= 0.3 is 5.69 Å². The van der Waals surface area contributed by atoms with Crippen molar-refractivity contribution in [3.8, 4) is 17.0 Å². The van der Waals surface area contributed by atoms with E-state index in [1.807, 2.05) is 0 Å². The van der Waals surface area contributed by atoms with Crippen molar-refractivity contribution >= 4 is 5.69 Å². The van der Waals surface area contributed by atoms with Crippen LogP contribution in [0.15, 0.2) is 29.1 Å². The van der Waals surface area contributed by atoms with E-state index in [-0.39, 0.29) is 5.69 Å². The summed E-state index contributed by atoms with van der Waals surface area (Å²) in [5, 5.41) is 0. The maximum Gasteiger partial charge on any atom is 0.345 e. The standard InChI is InChI=1S/C12H13N3O2/c1-7-5-10(15-12(16)14-7)8-3-4-9(13)11(6-8)17-2/h3-6H,13H2,1-2H3,(H,14,15,16). The first-order chi connectivity index (χ1) is 8.10. The van der Waals surface area contributed by atoms with E-state index in [0.717, 1.165) is 11.3 Å². The molecule has 0 bridgehead atoms. The maximum absolute atomic E-state index is 11.3. The number of aromatic amines is 1. The highest BCUT2D eigenvalue weighted by Gasteiger charge is 2.05. The second-order valence-electron chi connectivity index (χ2n) is 3.71. The number of rotatable bonds is 2. The van der Waals surface area contributed by atoms with Crippen molar-refractivity contribution < 1.29 is 4.74 Å². The number of benzene rings is 1. The summed E-state index contributed by atoms with van der Waals surface area (Å²) < 4.78 is 5.13. The van der Waals surface area contributed by atoms with Crippen LogP contribution in [0.25, 0.3) is 11.3 Å². The van der Waals surface area contributed by atoms with Crippen LogP contribution in [0.5, 0.6) is 5.75 Å². The number of nitrogen functional groups attached to an aromatic ring is 1. The molecule has 0 aliphatic heterocycles. The van der Waals surface area contributed by atoms with Crippen molar-refractivity contribution in [1.29, 1.82) is 0 Å². The highest BCUT2D eigenvalue weighted by molar-refractivity contribution is 5.67. The molecule has 1 aromatic carbocycles. The average Bonchev–Trinajstić information content (AvgIpc) is 2.28. The lowest BCUT2D eigenvalue weighted by atomic mass is 10.1. The molecule has 0 amide bonds. The highest BCUT2D eigenvalue weighted by Crippen LogP contribution is 2.27. The first kappa shape index (κ1) is 11.2. The van der Waals surface area contributed by atoms with Crippen molar-refractivity contribution in [2.75, 3.05) is 12.8 Å². The van der Waals surface area contributed by atoms with E-state index in [2.05, 4.69) is 9.97 Å². The molecule has 17 heavy (non-hydrogen) atoms. The van der Waals surface area contributed by atoms with Gasteiger partial charge in [0.2, 0.25) is 0 Å². The number of nitrogens with two attached hydrogens (primary N) is 1. The number of ether oxygens (including phenoxy) is 1. The second-order valence-corrected chi connectivity index (χ2v) is 3.71. The van der Waals surface area contributed by atoms with Gasteiger partial charge in [-0.15, -0.1) is 0 Å². The summed E-state index contributed by atoms with van der Waals surface area (Å²) in [5.41, 5.74) is 8.07. The van der Waals surface area contributed by atoms with Gasteiger partial charge in [-0.25, -0.2) is 4.79 Å². The van der Waals surface area contributed by atoms with Gasteiger partial charge in [-0.2, -0.15) is 4.98 Å². The van der Waals surface area contributed by atoms with Crippen molar-refractivity contribution in [3.63, 3.8) is 0 Å². The molecule has 0 unspecified atom stereocenters. The molecule has 1 aromatic heterocycles. The highest BCUT2D eigenvalue weighted by atomic mass is 16.5. The lowest BCUT2D eigenvalue weighted by Crippen LogP contribution is -2.11. The predicted octanol–water partition coefficient (Wildman–Crippen LogP) is 1.34. The van der Waals surface area contributed by atoms with Gasteiger partial charge in [0, 0.05) is 11.3 Å². The van der Waals surface area contributed by atoms with Crippen molar-refractivity contribution in [3.05, 3.63) is 40.4 Å². The number of aryl methyl sites for hydroxylation is 1. The minimum Gasteiger partial charge on any atom is -0.495 e. The maximum atomic E-state index is 11.3. The molecule has 1 heterocycles. The monoisotopic (exact) mass is 231 g/mol. The molecule has 0 spiro atoms. The van der Waals surface area contributed by atoms with Crippen LogP contribution in [-0.4, -0.2) is 17.1 Å². The van der Waals surface area contributed by atoms with Gasteiger partial charge in [-0.1, -0.05) is 6.07 Å². The number of hydrogen-bond donors (Lipinski definition) is 2. The first-order valence-electron chi connectivity index (χ1n) is 5.12. The fourth-order valence-electron chi connectivity index (χ4n) is 1.60. The van der Waals surface area contributed by atoms with Crippen LogP contribution in [0.1, 0.15) is 5.69 Å². The Labute approximate surface area is 98.3 Å². The number of anilines is 1. The predicted molar refractivity (Wildman–Crippen MR) is 66.0 cm³/mol. The molecule has 0 radical (unpaired) electrons. The Hall–Kier alpha value is -2.30. The molecule has 0 aliphatic carbocycles. The minimum absolute atomic E-state index is 0.365. The molecule has 2 aromatic rings. The molecule has 88 valence electrons. The summed E-state index contributed by atoms with van der Waals surface area (Å²) in [5.74, 6) is 0.572. The lowest BCUT2D eigenvalue weighted by molar-refractivity contribution is 0.417. The summed E-state index contributed by atoms with van der Waals surface area (Å²) in [6, 6.07) is 7.09. The van der Waals surface area contributed by atoms with Crippen LogP contribution in [-0.2, 0) is 0 Å². The Morgan fingerprint density at radius 3 is 2.76 bits per heavy atom. The van der Waals surface area contributed by atoms with Crippen LogP contribution < -0.4 is 16.2 Å². The summed E-state index contributed by atoms with van der Waals surface area (Å²) in [6.45, 7) is 1.81. The van der Waals surface area contributed by atoms with Crippen LogP contribution in [0.4, 0.5) is 5.69 Å². The Bertz CT molecular complexity index is 605. The van der Waals surface area contributed by atoms with Gasteiger partial charge in [0.15, 0.2) is 0 Å². The third kappa shape index (κ3) is 2.28. The number of nitrogens with zero attached hydrogens (tertiary/aromatic N) is 1. The third-order valence-corrected chi connectivity index (χ3v) is 2.41. The SMILES string of the molecule is COc1cc(-c2cc(C)[nH]c(=O)n2)ccc1N. The minimum atomic E-state index is -0.365. The van der Waals surface area contributed by atoms with E-state index in [4.69, 9.17) is 10.5 Å². The number of H-pyrrole nitrogens is 1. The molecular formula is C12H13N3O2. The molecule has 3 N–H and O–H groups in total. The topological polar surface area (TPSA) is 81.0 Å². The molecule has 0 saturated carbocycles. The van der Waals surface area contributed by atoms with Crippen LogP contribution in [0, 0.1) is 6.92 Å². The molecule has 5 heteroatoms. The smallest absolute Gasteiger partial charge is 0.345 e. The zero-order chi connectivity index (χ0) is 12.4. The van der Waals surface area contributed by atoms with E-state index >= 15 is 0 Å². The Morgan fingerprint density at radius 2 is 2.12 bits per heavy atom. The lowest BCUT2D eigenvalue weighted by Gasteiger charge is -2.07. The van der Waals surface area contributed by atoms with E-state index in [1.165, 1.54) is 0 Å². The molecule has 0 atom stereocenters. The van der Waals surface area contributed by atoms with E-state index in [0.29, 0.717) is 17.1 Å². The van der Waals surface area contributed by atoms with Gasteiger partial charge in [0.05, 0.1) is 18.5 Å². The largest absolute Gasteiger partial charge is 0.495 e. The average molecular weight is 231 g/mol. The Balaban J connectivity index is 2.56. The Kier molecular flexibility index (Phi) is 2.82. The van der Waals surface area contributed by atoms with E-state index in [1.54, 1.807) is 38.3 Å². The van der Waals surface area contributed by atoms with Gasteiger partial charge in [0.1, 0.15) is 5.75 Å². The van der Waals surface area contributed by atoms with Gasteiger partial charge in [0.25, 0.3) is 0 Å². The number of aromatic nitrogens is 2. The summed E-state index contributed by atoms with van der Waals surface area (Å²) in [7, 11) is 1.55. The second kappa shape index (κ2) is 4.29. The molecule has 0 aliphatic rings. The fraction of sp³-hybridized carbons (Fsp3) is 0.167. The normalized spacial score (nSPS) is 10.2. The Morgan fingerprint density at radius 1 is 1.35 bits per heavy atom. The molecule has 2 rings (SSSR count). The first-order valence-corrected chi connectivity index (χ1v) is 5.12. The molecular weight excluding hydrogens is 218 g/mol. The van der Waals surface area contributed by atoms with Crippen LogP contribution in [0.3, 0.4) is 0 Å². The zero-order valence-electron chi connectivity index (χ0n) is 9.65. The summed E-state index contributed by atoms with van der Waals surface area (Å²) in [6.07, 6.45) is 0. The van der Waals surface area contributed by atoms with Gasteiger partial charge < -0.3 is 15.5 Å². The van der Waals surface area contributed by atoms with Gasteiger partial charge in [-0.3, -0.25) is 0 Å². The van der Waals surface area contributed by atoms with Crippen LogP contribution >= 0.6 is 0 Å². The summed E-state index contributed by atoms with van der Waals surface area (Å²) >= 11 is 0. The summed E-state index contributed by atoms with van der Waals surface area (Å²) in [4.78, 5) is 17.8.